The maximum atomic E-state index is 12.1. The van der Waals surface area contributed by atoms with E-state index >= 15 is 0 Å². The number of hydrogen-bond acceptors (Lipinski definition) is 3. The number of benzene rings is 1. The van der Waals surface area contributed by atoms with Crippen molar-refractivity contribution < 1.29 is 14.7 Å². The molecule has 3 N–H and O–H groups in total. The Morgan fingerprint density at radius 3 is 2.26 bits per heavy atom. The molecule has 5 heteroatoms. The Hall–Kier alpha value is -1.88. The van der Waals surface area contributed by atoms with Crippen LogP contribution in [0.1, 0.15) is 30.6 Å². The molecular formula is C14H20N2O3. The molecular weight excluding hydrogens is 244 g/mol. The molecule has 1 unspecified atom stereocenters. The highest BCUT2D eigenvalue weighted by Gasteiger charge is 2.23. The summed E-state index contributed by atoms with van der Waals surface area (Å²) in [6.45, 7) is 3.92. The largest absolute Gasteiger partial charge is 0.478 e. The van der Waals surface area contributed by atoms with Gasteiger partial charge in [-0.3, -0.25) is 4.79 Å². The third-order valence-electron chi connectivity index (χ3n) is 3.37. The van der Waals surface area contributed by atoms with E-state index in [9.17, 15) is 9.59 Å². The quantitative estimate of drug-likeness (QED) is 0.848. The molecule has 0 aliphatic rings. The third-order valence-corrected chi connectivity index (χ3v) is 3.37. The van der Waals surface area contributed by atoms with E-state index < -0.39 is 12.0 Å². The lowest BCUT2D eigenvalue weighted by atomic mass is 9.99. The Morgan fingerprint density at radius 2 is 1.84 bits per heavy atom. The lowest BCUT2D eigenvalue weighted by molar-refractivity contribution is -0.120. The first kappa shape index (κ1) is 15.2. The Bertz CT molecular complexity index is 456. The highest BCUT2D eigenvalue weighted by molar-refractivity contribution is 5.97. The van der Waals surface area contributed by atoms with Crippen LogP contribution in [0.15, 0.2) is 24.3 Å². The van der Waals surface area contributed by atoms with Crippen LogP contribution in [0.25, 0.3) is 0 Å². The highest BCUT2D eigenvalue weighted by atomic mass is 16.4. The van der Waals surface area contributed by atoms with Crippen LogP contribution in [0.3, 0.4) is 0 Å². The summed E-state index contributed by atoms with van der Waals surface area (Å²) in [6.07, 6.45) is 0.832. The van der Waals surface area contributed by atoms with Crippen LogP contribution in [0.5, 0.6) is 0 Å². The van der Waals surface area contributed by atoms with Crippen molar-refractivity contribution in [1.29, 1.82) is 0 Å². The number of carbonyl (C=O) groups is 2. The van der Waals surface area contributed by atoms with E-state index in [4.69, 9.17) is 10.8 Å². The maximum Gasteiger partial charge on any atom is 0.335 e. The van der Waals surface area contributed by atoms with Gasteiger partial charge in [-0.15, -0.1) is 0 Å². The Kier molecular flexibility index (Phi) is 5.06. The van der Waals surface area contributed by atoms with Crippen LogP contribution in [-0.4, -0.2) is 30.1 Å². The van der Waals surface area contributed by atoms with Gasteiger partial charge in [-0.05, 0) is 30.2 Å². The number of amides is 1. The van der Waals surface area contributed by atoms with E-state index in [0.29, 0.717) is 5.69 Å². The van der Waals surface area contributed by atoms with Crippen molar-refractivity contribution in [3.63, 3.8) is 0 Å². The van der Waals surface area contributed by atoms with Crippen LogP contribution in [0, 0.1) is 5.92 Å². The van der Waals surface area contributed by atoms with Crippen molar-refractivity contribution in [3.8, 4) is 0 Å². The van der Waals surface area contributed by atoms with Crippen LogP contribution < -0.4 is 10.6 Å². The second-order valence-electron chi connectivity index (χ2n) is 4.66. The van der Waals surface area contributed by atoms with E-state index in [1.807, 2.05) is 13.8 Å². The average molecular weight is 264 g/mol. The molecule has 0 spiro atoms. The summed E-state index contributed by atoms with van der Waals surface area (Å²) >= 11 is 0. The van der Waals surface area contributed by atoms with Gasteiger partial charge in [0.2, 0.25) is 5.91 Å². The molecule has 5 nitrogen and oxygen atoms in total. The standard InChI is InChI=1S/C14H20N2O3/c1-4-9(2)12(15)13(17)16(3)11-7-5-10(6-8-11)14(18)19/h5-9,12H,4,15H2,1-3H3,(H,18,19)/t9?,12-/m0/s1. The number of hydrogen-bond donors (Lipinski definition) is 2. The van der Waals surface area contributed by atoms with E-state index in [2.05, 4.69) is 0 Å². The fourth-order valence-corrected chi connectivity index (χ4v) is 1.68. The van der Waals surface area contributed by atoms with Gasteiger partial charge < -0.3 is 15.7 Å². The van der Waals surface area contributed by atoms with Crippen molar-refractivity contribution in [2.24, 2.45) is 11.7 Å². The first-order valence-electron chi connectivity index (χ1n) is 6.25. The lowest BCUT2D eigenvalue weighted by Gasteiger charge is -2.24. The molecule has 1 aromatic rings. The summed E-state index contributed by atoms with van der Waals surface area (Å²) in [7, 11) is 1.64. The molecule has 0 aliphatic carbocycles. The van der Waals surface area contributed by atoms with E-state index in [-0.39, 0.29) is 17.4 Å². The predicted octanol–water partition coefficient (Wildman–Crippen LogP) is 1.72. The smallest absolute Gasteiger partial charge is 0.335 e. The molecule has 1 rings (SSSR count). The monoisotopic (exact) mass is 264 g/mol. The fraction of sp³-hybridized carbons (Fsp3) is 0.429. The molecule has 0 saturated heterocycles. The molecule has 19 heavy (non-hydrogen) atoms. The second kappa shape index (κ2) is 6.33. The van der Waals surface area contributed by atoms with Crippen LogP contribution in [-0.2, 0) is 4.79 Å². The molecule has 0 aliphatic heterocycles. The van der Waals surface area contributed by atoms with Gasteiger partial charge in [-0.1, -0.05) is 20.3 Å². The molecule has 0 saturated carbocycles. The van der Waals surface area contributed by atoms with Gasteiger partial charge in [0, 0.05) is 12.7 Å². The topological polar surface area (TPSA) is 83.6 Å². The summed E-state index contributed by atoms with van der Waals surface area (Å²) in [5, 5.41) is 8.82. The van der Waals surface area contributed by atoms with Crippen LogP contribution in [0.2, 0.25) is 0 Å². The van der Waals surface area contributed by atoms with Gasteiger partial charge in [0.15, 0.2) is 0 Å². The number of nitrogens with two attached hydrogens (primary N) is 1. The molecule has 0 fully saturated rings. The number of likely N-dealkylation sites (N-methyl/N-ethyl adjacent to an activating group) is 1. The minimum Gasteiger partial charge on any atom is -0.478 e. The molecule has 0 radical (unpaired) electrons. The number of carboxylic acid groups (broad SMARTS) is 1. The molecule has 0 heterocycles. The van der Waals surface area contributed by atoms with Crippen LogP contribution >= 0.6 is 0 Å². The summed E-state index contributed by atoms with van der Waals surface area (Å²) in [5.41, 5.74) is 6.73. The number of aromatic carboxylic acids is 1. The number of nitrogens with zero attached hydrogens (tertiary/aromatic N) is 1. The van der Waals surface area contributed by atoms with E-state index in [1.165, 1.54) is 17.0 Å². The Balaban J connectivity index is 2.85. The average Bonchev–Trinajstić information content (AvgIpc) is 2.44. The zero-order chi connectivity index (χ0) is 14.6. The van der Waals surface area contributed by atoms with Gasteiger partial charge in [-0.2, -0.15) is 0 Å². The summed E-state index contributed by atoms with van der Waals surface area (Å²) in [5.74, 6) is -1.05. The zero-order valence-electron chi connectivity index (χ0n) is 11.5. The van der Waals surface area contributed by atoms with E-state index in [0.717, 1.165) is 6.42 Å². The molecule has 104 valence electrons. The summed E-state index contributed by atoms with van der Waals surface area (Å²) in [4.78, 5) is 24.4. The fourth-order valence-electron chi connectivity index (χ4n) is 1.68. The van der Waals surface area contributed by atoms with Gasteiger partial charge in [-0.25, -0.2) is 4.79 Å². The first-order valence-corrected chi connectivity index (χ1v) is 6.25. The van der Waals surface area contributed by atoms with Crippen molar-refractivity contribution in [2.45, 2.75) is 26.3 Å². The highest BCUT2D eigenvalue weighted by Crippen LogP contribution is 2.17. The maximum absolute atomic E-state index is 12.1. The van der Waals surface area contributed by atoms with Gasteiger partial charge in [0.25, 0.3) is 0 Å². The molecule has 1 amide bonds. The van der Waals surface area contributed by atoms with Crippen molar-refractivity contribution in [2.75, 3.05) is 11.9 Å². The summed E-state index contributed by atoms with van der Waals surface area (Å²) in [6, 6.07) is 5.59. The number of anilines is 1. The normalized spacial score (nSPS) is 13.7. The van der Waals surface area contributed by atoms with Gasteiger partial charge in [0.05, 0.1) is 11.6 Å². The van der Waals surface area contributed by atoms with E-state index in [1.54, 1.807) is 19.2 Å². The van der Waals surface area contributed by atoms with Gasteiger partial charge in [0.1, 0.15) is 0 Å². The van der Waals surface area contributed by atoms with Crippen molar-refractivity contribution in [1.82, 2.24) is 0 Å². The Labute approximate surface area is 113 Å². The predicted molar refractivity (Wildman–Crippen MR) is 74.2 cm³/mol. The first-order chi connectivity index (χ1) is 8.88. The van der Waals surface area contributed by atoms with Crippen molar-refractivity contribution in [3.05, 3.63) is 29.8 Å². The van der Waals surface area contributed by atoms with Gasteiger partial charge >= 0.3 is 5.97 Å². The Morgan fingerprint density at radius 1 is 1.32 bits per heavy atom. The minimum atomic E-state index is -0.989. The number of carboxylic acids is 1. The van der Waals surface area contributed by atoms with Crippen LogP contribution in [0.4, 0.5) is 5.69 Å². The number of rotatable bonds is 5. The SMILES string of the molecule is CCC(C)[C@H](N)C(=O)N(C)c1ccc(C(=O)O)cc1. The third kappa shape index (κ3) is 3.54. The molecule has 2 atom stereocenters. The molecule has 1 aromatic carbocycles. The lowest BCUT2D eigenvalue weighted by Crippen LogP contribution is -2.45. The number of carbonyl (C=O) groups excluding carboxylic acids is 1. The molecule has 0 aromatic heterocycles. The summed E-state index contributed by atoms with van der Waals surface area (Å²) < 4.78 is 0. The minimum absolute atomic E-state index is 0.105. The zero-order valence-corrected chi connectivity index (χ0v) is 11.5. The molecule has 0 bridgehead atoms. The second-order valence-corrected chi connectivity index (χ2v) is 4.66. The van der Waals surface area contributed by atoms with Crippen molar-refractivity contribution >= 4 is 17.6 Å².